The van der Waals surface area contributed by atoms with Gasteiger partial charge in [0.1, 0.15) is 0 Å². The van der Waals surface area contributed by atoms with E-state index < -0.39 is 0 Å². The molecule has 0 aromatic heterocycles. The van der Waals surface area contributed by atoms with Crippen LogP contribution >= 0.6 is 0 Å². The maximum atomic E-state index is 5.76. The van der Waals surface area contributed by atoms with E-state index in [-0.39, 0.29) is 11.5 Å². The highest BCUT2D eigenvalue weighted by Gasteiger charge is 2.32. The van der Waals surface area contributed by atoms with E-state index in [1.165, 1.54) is 19.3 Å². The smallest absolute Gasteiger partial charge is 0.0772 e. The molecule has 3 atom stereocenters. The van der Waals surface area contributed by atoms with Gasteiger partial charge in [0.2, 0.25) is 0 Å². The van der Waals surface area contributed by atoms with Crippen molar-refractivity contribution in [2.45, 2.75) is 73.0 Å². The second-order valence-corrected chi connectivity index (χ2v) is 6.33. The largest absolute Gasteiger partial charge is 0.379 e. The van der Waals surface area contributed by atoms with Crippen LogP contribution in [0, 0.1) is 11.3 Å². The zero-order chi connectivity index (χ0) is 13.5. The van der Waals surface area contributed by atoms with Gasteiger partial charge in [0, 0.05) is 13.2 Å². The zero-order valence-electron chi connectivity index (χ0n) is 13.0. The number of hydrogen-bond donors (Lipinski definition) is 1. The van der Waals surface area contributed by atoms with E-state index in [9.17, 15) is 0 Å². The van der Waals surface area contributed by atoms with E-state index in [4.69, 9.17) is 4.74 Å². The van der Waals surface area contributed by atoms with Crippen molar-refractivity contribution >= 4 is 0 Å². The van der Waals surface area contributed by atoms with E-state index in [0.717, 1.165) is 12.5 Å². The Labute approximate surface area is 109 Å². The van der Waals surface area contributed by atoms with Gasteiger partial charge in [0.05, 0.1) is 6.10 Å². The summed E-state index contributed by atoms with van der Waals surface area (Å²) < 4.78 is 5.76. The van der Waals surface area contributed by atoms with Crippen LogP contribution in [-0.4, -0.2) is 25.8 Å². The van der Waals surface area contributed by atoms with Crippen LogP contribution in [-0.2, 0) is 4.74 Å². The first-order chi connectivity index (χ1) is 7.86. The molecule has 0 amide bonds. The Hall–Kier alpha value is -0.0800. The molecule has 0 rings (SSSR count). The number of nitrogens with one attached hydrogen (secondary N) is 1. The normalized spacial score (nSPS) is 17.8. The van der Waals surface area contributed by atoms with Gasteiger partial charge in [-0.25, -0.2) is 0 Å². The van der Waals surface area contributed by atoms with Crippen LogP contribution in [0.3, 0.4) is 0 Å². The van der Waals surface area contributed by atoms with Crippen molar-refractivity contribution in [1.29, 1.82) is 0 Å². The highest BCUT2D eigenvalue weighted by atomic mass is 16.5. The molecule has 0 aliphatic carbocycles. The fourth-order valence-electron chi connectivity index (χ4n) is 2.37. The average Bonchev–Trinajstić information content (AvgIpc) is 2.24. The van der Waals surface area contributed by atoms with Gasteiger partial charge in [-0.1, -0.05) is 48.0 Å². The lowest BCUT2D eigenvalue weighted by Crippen LogP contribution is -2.48. The molecule has 0 aliphatic heterocycles. The maximum absolute atomic E-state index is 5.76. The molecule has 2 nitrogen and oxygen atoms in total. The molecule has 0 aromatic carbocycles. The molecule has 0 radical (unpaired) electrons. The maximum Gasteiger partial charge on any atom is 0.0772 e. The molecule has 0 bridgehead atoms. The van der Waals surface area contributed by atoms with Crippen molar-refractivity contribution in [2.75, 3.05) is 13.7 Å². The van der Waals surface area contributed by atoms with Gasteiger partial charge in [-0.3, -0.25) is 0 Å². The second-order valence-electron chi connectivity index (χ2n) is 6.33. The van der Waals surface area contributed by atoms with Crippen LogP contribution < -0.4 is 5.32 Å². The highest BCUT2D eigenvalue weighted by Crippen LogP contribution is 2.27. The Morgan fingerprint density at radius 1 is 1.18 bits per heavy atom. The molecule has 0 spiro atoms. The van der Waals surface area contributed by atoms with Crippen molar-refractivity contribution in [3.05, 3.63) is 0 Å². The Kier molecular flexibility index (Phi) is 8.06. The van der Waals surface area contributed by atoms with Crippen LogP contribution in [0.2, 0.25) is 0 Å². The third-order valence-electron chi connectivity index (χ3n) is 3.48. The summed E-state index contributed by atoms with van der Waals surface area (Å²) in [7, 11) is 1.84. The molecule has 1 N–H and O–H groups in total. The Bertz CT molecular complexity index is 186. The van der Waals surface area contributed by atoms with Crippen molar-refractivity contribution < 1.29 is 4.74 Å². The monoisotopic (exact) mass is 243 g/mol. The molecule has 0 fully saturated rings. The van der Waals surface area contributed by atoms with E-state index in [2.05, 4.69) is 46.9 Å². The molecule has 2 heteroatoms. The first-order valence-electron chi connectivity index (χ1n) is 7.12. The predicted molar refractivity (Wildman–Crippen MR) is 76.4 cm³/mol. The summed E-state index contributed by atoms with van der Waals surface area (Å²) in [6.45, 7) is 14.7. The Morgan fingerprint density at radius 2 is 1.76 bits per heavy atom. The fourth-order valence-corrected chi connectivity index (χ4v) is 2.37. The van der Waals surface area contributed by atoms with Crippen molar-refractivity contribution in [3.8, 4) is 0 Å². The molecular weight excluding hydrogens is 210 g/mol. The molecule has 0 aromatic rings. The lowest BCUT2D eigenvalue weighted by Gasteiger charge is -2.37. The quantitative estimate of drug-likeness (QED) is 0.699. The molecule has 0 saturated heterocycles. The van der Waals surface area contributed by atoms with Crippen LogP contribution in [0.1, 0.15) is 60.8 Å². The topological polar surface area (TPSA) is 21.3 Å². The van der Waals surface area contributed by atoms with Crippen LogP contribution in [0.5, 0.6) is 0 Å². The first kappa shape index (κ1) is 16.9. The van der Waals surface area contributed by atoms with E-state index in [0.29, 0.717) is 6.04 Å². The number of rotatable bonds is 8. The van der Waals surface area contributed by atoms with Crippen molar-refractivity contribution in [1.82, 2.24) is 5.32 Å². The van der Waals surface area contributed by atoms with Crippen LogP contribution in [0.15, 0.2) is 0 Å². The fraction of sp³-hybridized carbons (Fsp3) is 1.00. The summed E-state index contributed by atoms with van der Waals surface area (Å²) in [6, 6.07) is 0.467. The molecule has 0 aliphatic rings. The minimum atomic E-state index is 0.188. The van der Waals surface area contributed by atoms with Gasteiger partial charge in [-0.2, -0.15) is 0 Å². The van der Waals surface area contributed by atoms with Crippen molar-refractivity contribution in [3.63, 3.8) is 0 Å². The van der Waals surface area contributed by atoms with E-state index in [1.54, 1.807) is 0 Å². The standard InChI is InChI=1S/C15H33NO/c1-8-10-16-13(11-12(3)9-2)14(17-7)15(4,5)6/h12-14,16H,8-11H2,1-7H3. The van der Waals surface area contributed by atoms with Gasteiger partial charge in [0.15, 0.2) is 0 Å². The molecule has 0 saturated carbocycles. The van der Waals surface area contributed by atoms with Gasteiger partial charge < -0.3 is 10.1 Å². The first-order valence-corrected chi connectivity index (χ1v) is 7.12. The van der Waals surface area contributed by atoms with Gasteiger partial charge >= 0.3 is 0 Å². The lowest BCUT2D eigenvalue weighted by molar-refractivity contribution is -0.0164. The zero-order valence-corrected chi connectivity index (χ0v) is 13.0. The average molecular weight is 243 g/mol. The molecule has 17 heavy (non-hydrogen) atoms. The minimum Gasteiger partial charge on any atom is -0.379 e. The molecule has 3 unspecified atom stereocenters. The Morgan fingerprint density at radius 3 is 2.12 bits per heavy atom. The van der Waals surface area contributed by atoms with Gasteiger partial charge in [-0.15, -0.1) is 0 Å². The predicted octanol–water partition coefficient (Wildman–Crippen LogP) is 3.85. The summed E-state index contributed by atoms with van der Waals surface area (Å²) in [5.41, 5.74) is 0.188. The van der Waals surface area contributed by atoms with Gasteiger partial charge in [-0.05, 0) is 30.7 Å². The third-order valence-corrected chi connectivity index (χ3v) is 3.48. The summed E-state index contributed by atoms with van der Waals surface area (Å²) in [5.74, 6) is 0.754. The van der Waals surface area contributed by atoms with E-state index >= 15 is 0 Å². The third kappa shape index (κ3) is 6.42. The minimum absolute atomic E-state index is 0.188. The molecule has 104 valence electrons. The van der Waals surface area contributed by atoms with Crippen LogP contribution in [0.4, 0.5) is 0 Å². The molecular formula is C15H33NO. The van der Waals surface area contributed by atoms with E-state index in [1.807, 2.05) is 7.11 Å². The Balaban J connectivity index is 4.62. The second kappa shape index (κ2) is 8.10. The summed E-state index contributed by atoms with van der Waals surface area (Å²) in [5, 5.41) is 3.67. The highest BCUT2D eigenvalue weighted by molar-refractivity contribution is 4.87. The van der Waals surface area contributed by atoms with Crippen molar-refractivity contribution in [2.24, 2.45) is 11.3 Å². The summed E-state index contributed by atoms with van der Waals surface area (Å²) >= 11 is 0. The number of methoxy groups -OCH3 is 1. The number of hydrogen-bond acceptors (Lipinski definition) is 2. The van der Waals surface area contributed by atoms with Crippen LogP contribution in [0.25, 0.3) is 0 Å². The lowest BCUT2D eigenvalue weighted by atomic mass is 9.81. The molecule has 0 heterocycles. The summed E-state index contributed by atoms with van der Waals surface area (Å²) in [6.07, 6.45) is 3.90. The number of ether oxygens (including phenoxy) is 1. The SMILES string of the molecule is CCCNC(CC(C)CC)C(OC)C(C)(C)C. The van der Waals surface area contributed by atoms with Gasteiger partial charge in [0.25, 0.3) is 0 Å². The summed E-state index contributed by atoms with van der Waals surface area (Å²) in [4.78, 5) is 0.